The van der Waals surface area contributed by atoms with Crippen LogP contribution in [0.5, 0.6) is 5.75 Å². The van der Waals surface area contributed by atoms with Gasteiger partial charge in [0.1, 0.15) is 17.3 Å². The van der Waals surface area contributed by atoms with Crippen LogP contribution in [-0.2, 0) is 0 Å². The highest BCUT2D eigenvalue weighted by molar-refractivity contribution is 5.93. The maximum Gasteiger partial charge on any atom is 0.231 e. The van der Waals surface area contributed by atoms with Gasteiger partial charge in [0.2, 0.25) is 5.89 Å². The molecule has 0 fully saturated rings. The van der Waals surface area contributed by atoms with Crippen molar-refractivity contribution in [3.05, 3.63) is 90.6 Å². The number of pyridine rings is 1. The van der Waals surface area contributed by atoms with E-state index in [2.05, 4.69) is 16.0 Å². The number of aromatic nitrogens is 2. The molecule has 5 nitrogen and oxygen atoms in total. The maximum absolute atomic E-state index is 10.1. The lowest BCUT2D eigenvalue weighted by Crippen LogP contribution is -1.87. The van der Waals surface area contributed by atoms with Crippen LogP contribution >= 0.6 is 0 Å². The number of phenols is 1. The molecule has 1 N–H and O–H groups in total. The van der Waals surface area contributed by atoms with Crippen LogP contribution in [0.15, 0.2) is 89.5 Å². The molecule has 5 aromatic rings. The SMILES string of the molecule is N#Cc1ccc(-c2cccc(-c3cccc4oc(-c5ccccc5O)nc34)c2)nc1. The van der Waals surface area contributed by atoms with Crippen molar-refractivity contribution in [2.24, 2.45) is 0 Å². The number of aromatic hydroxyl groups is 1. The third-order valence-electron chi connectivity index (χ3n) is 4.92. The van der Waals surface area contributed by atoms with Crippen molar-refractivity contribution in [3.63, 3.8) is 0 Å². The van der Waals surface area contributed by atoms with Crippen LogP contribution in [0.25, 0.3) is 44.9 Å². The average Bonchev–Trinajstić information content (AvgIpc) is 3.24. The van der Waals surface area contributed by atoms with E-state index in [0.717, 1.165) is 27.9 Å². The molecular weight excluding hydrogens is 374 g/mol. The van der Waals surface area contributed by atoms with Crippen LogP contribution in [0.2, 0.25) is 0 Å². The summed E-state index contributed by atoms with van der Waals surface area (Å²) in [7, 11) is 0. The highest BCUT2D eigenvalue weighted by atomic mass is 16.3. The molecule has 0 amide bonds. The number of para-hydroxylation sites is 2. The first-order valence-corrected chi connectivity index (χ1v) is 9.38. The molecule has 0 bridgehead atoms. The fourth-order valence-corrected chi connectivity index (χ4v) is 3.43. The molecule has 0 saturated carbocycles. The Bertz CT molecular complexity index is 1410. The Morgan fingerprint density at radius 2 is 1.63 bits per heavy atom. The normalized spacial score (nSPS) is 10.8. The molecule has 0 aliphatic rings. The molecule has 0 unspecified atom stereocenters. The van der Waals surface area contributed by atoms with Crippen LogP contribution < -0.4 is 0 Å². The van der Waals surface area contributed by atoms with E-state index in [4.69, 9.17) is 9.68 Å². The lowest BCUT2D eigenvalue weighted by Gasteiger charge is -2.06. The van der Waals surface area contributed by atoms with Gasteiger partial charge in [-0.05, 0) is 42.0 Å². The van der Waals surface area contributed by atoms with Crippen molar-refractivity contribution < 1.29 is 9.52 Å². The highest BCUT2D eigenvalue weighted by Crippen LogP contribution is 2.35. The Labute approximate surface area is 172 Å². The average molecular weight is 389 g/mol. The first-order valence-electron chi connectivity index (χ1n) is 9.38. The second-order valence-electron chi connectivity index (χ2n) is 6.81. The van der Waals surface area contributed by atoms with Gasteiger partial charge in [0.25, 0.3) is 0 Å². The smallest absolute Gasteiger partial charge is 0.231 e. The number of benzene rings is 3. The summed E-state index contributed by atoms with van der Waals surface area (Å²) >= 11 is 0. The second kappa shape index (κ2) is 7.19. The number of oxazole rings is 1. The second-order valence-corrected chi connectivity index (χ2v) is 6.81. The Balaban J connectivity index is 1.61. The Morgan fingerprint density at radius 3 is 2.43 bits per heavy atom. The largest absolute Gasteiger partial charge is 0.507 e. The molecule has 30 heavy (non-hydrogen) atoms. The molecule has 0 saturated heterocycles. The lowest BCUT2D eigenvalue weighted by atomic mass is 10.0. The molecule has 3 aromatic carbocycles. The Morgan fingerprint density at radius 1 is 0.833 bits per heavy atom. The van der Waals surface area contributed by atoms with Gasteiger partial charge >= 0.3 is 0 Å². The van der Waals surface area contributed by atoms with Crippen molar-refractivity contribution in [1.82, 2.24) is 9.97 Å². The van der Waals surface area contributed by atoms with Crippen LogP contribution in [0.4, 0.5) is 0 Å². The molecule has 0 spiro atoms. The molecular formula is C25H15N3O2. The predicted octanol–water partition coefficient (Wildman–Crippen LogP) is 5.80. The number of hydrogen-bond acceptors (Lipinski definition) is 5. The van der Waals surface area contributed by atoms with Crippen LogP contribution in [0.1, 0.15) is 5.56 Å². The van der Waals surface area contributed by atoms with Gasteiger partial charge in [-0.25, -0.2) is 4.98 Å². The predicted molar refractivity (Wildman–Crippen MR) is 114 cm³/mol. The lowest BCUT2D eigenvalue weighted by molar-refractivity contribution is 0.474. The summed E-state index contributed by atoms with van der Waals surface area (Å²) in [6.07, 6.45) is 1.57. The van der Waals surface area contributed by atoms with Crippen molar-refractivity contribution in [3.8, 4) is 45.7 Å². The van der Waals surface area contributed by atoms with Crippen LogP contribution in [-0.4, -0.2) is 15.1 Å². The number of rotatable bonds is 3. The number of hydrogen-bond donors (Lipinski definition) is 1. The summed E-state index contributed by atoms with van der Waals surface area (Å²) in [4.78, 5) is 9.05. The Hall–Kier alpha value is -4.43. The van der Waals surface area contributed by atoms with Gasteiger partial charge in [-0.2, -0.15) is 5.26 Å². The van der Waals surface area contributed by atoms with E-state index in [9.17, 15) is 5.11 Å². The zero-order valence-electron chi connectivity index (χ0n) is 15.8. The van der Waals surface area contributed by atoms with Crippen LogP contribution in [0.3, 0.4) is 0 Å². The molecule has 0 atom stereocenters. The highest BCUT2D eigenvalue weighted by Gasteiger charge is 2.15. The van der Waals surface area contributed by atoms with E-state index in [-0.39, 0.29) is 5.75 Å². The molecule has 0 radical (unpaired) electrons. The third kappa shape index (κ3) is 3.07. The maximum atomic E-state index is 10.1. The molecule has 5 rings (SSSR count). The third-order valence-corrected chi connectivity index (χ3v) is 4.92. The van der Waals surface area contributed by atoms with E-state index in [0.29, 0.717) is 22.6 Å². The fraction of sp³-hybridized carbons (Fsp3) is 0. The first-order chi connectivity index (χ1) is 14.7. The summed E-state index contributed by atoms with van der Waals surface area (Å²) in [5, 5.41) is 19.1. The number of nitrogens with zero attached hydrogens (tertiary/aromatic N) is 3. The van der Waals surface area contributed by atoms with Gasteiger partial charge < -0.3 is 9.52 Å². The Kier molecular flexibility index (Phi) is 4.23. The summed E-state index contributed by atoms with van der Waals surface area (Å²) in [6.45, 7) is 0. The topological polar surface area (TPSA) is 82.9 Å². The minimum atomic E-state index is 0.125. The van der Waals surface area contributed by atoms with Crippen molar-refractivity contribution in [1.29, 1.82) is 5.26 Å². The molecule has 0 aliphatic heterocycles. The summed E-state index contributed by atoms with van der Waals surface area (Å²) in [5.41, 5.74) is 6.08. The zero-order valence-corrected chi connectivity index (χ0v) is 15.8. The number of fused-ring (bicyclic) bond motifs is 1. The summed E-state index contributed by atoms with van der Waals surface area (Å²) < 4.78 is 5.92. The van der Waals surface area contributed by atoms with Crippen molar-refractivity contribution in [2.75, 3.05) is 0 Å². The standard InChI is InChI=1S/C25H15N3O2/c26-14-16-11-12-21(27-15-16)18-6-3-5-17(13-18)19-8-4-10-23-24(19)28-25(30-23)20-7-1-2-9-22(20)29/h1-13,15,29H. The van der Waals surface area contributed by atoms with Gasteiger partial charge in [-0.1, -0.05) is 42.5 Å². The number of phenolic OH excluding ortho intramolecular Hbond substituents is 1. The van der Waals surface area contributed by atoms with E-state index in [1.54, 1.807) is 30.5 Å². The van der Waals surface area contributed by atoms with Gasteiger partial charge in [0.15, 0.2) is 5.58 Å². The van der Waals surface area contributed by atoms with Gasteiger partial charge in [0, 0.05) is 17.3 Å². The number of nitriles is 1. The molecule has 0 aliphatic carbocycles. The minimum Gasteiger partial charge on any atom is -0.507 e. The quantitative estimate of drug-likeness (QED) is 0.421. The molecule has 5 heteroatoms. The monoisotopic (exact) mass is 389 g/mol. The molecule has 2 aromatic heterocycles. The summed E-state index contributed by atoms with van der Waals surface area (Å²) in [5.74, 6) is 0.500. The molecule has 142 valence electrons. The van der Waals surface area contributed by atoms with E-state index in [1.165, 1.54) is 0 Å². The molecule has 2 heterocycles. The fourth-order valence-electron chi connectivity index (χ4n) is 3.43. The van der Waals surface area contributed by atoms with Crippen molar-refractivity contribution in [2.45, 2.75) is 0 Å². The van der Waals surface area contributed by atoms with E-state index >= 15 is 0 Å². The van der Waals surface area contributed by atoms with E-state index in [1.807, 2.05) is 54.6 Å². The summed E-state index contributed by atoms with van der Waals surface area (Å²) in [6, 6.07) is 26.4. The zero-order chi connectivity index (χ0) is 20.5. The minimum absolute atomic E-state index is 0.125. The van der Waals surface area contributed by atoms with Gasteiger partial charge in [0.05, 0.1) is 16.8 Å². The van der Waals surface area contributed by atoms with Gasteiger partial charge in [-0.3, -0.25) is 4.98 Å². The van der Waals surface area contributed by atoms with E-state index < -0.39 is 0 Å². The van der Waals surface area contributed by atoms with Gasteiger partial charge in [-0.15, -0.1) is 0 Å². The van der Waals surface area contributed by atoms with Crippen LogP contribution in [0, 0.1) is 11.3 Å². The first kappa shape index (κ1) is 17.7. The van der Waals surface area contributed by atoms with Crippen molar-refractivity contribution >= 4 is 11.1 Å².